The molecule has 102 valence electrons. The monoisotopic (exact) mass is 291 g/mol. The maximum atomic E-state index is 12.1. The number of sulfonamides is 1. The Labute approximate surface area is 113 Å². The van der Waals surface area contributed by atoms with Crippen LogP contribution < -0.4 is 4.72 Å². The van der Waals surface area contributed by atoms with Crippen molar-refractivity contribution in [1.82, 2.24) is 14.5 Å². The average molecular weight is 292 g/mol. The van der Waals surface area contributed by atoms with E-state index in [2.05, 4.69) is 9.82 Å². The standard InChI is InChI=1S/C11H18ClN3O2S/c1-15-11(5-6-13-15)18(16,17)14-8-10-4-2-3-9(10)7-12/h5-6,9-10,14H,2-4,7-8H2,1H3. The van der Waals surface area contributed by atoms with E-state index in [4.69, 9.17) is 11.6 Å². The van der Waals surface area contributed by atoms with Gasteiger partial charge in [0.05, 0.1) is 6.20 Å². The zero-order valence-corrected chi connectivity index (χ0v) is 11.9. The Morgan fingerprint density at radius 1 is 1.50 bits per heavy atom. The van der Waals surface area contributed by atoms with E-state index in [1.807, 2.05) is 0 Å². The molecule has 1 aromatic rings. The number of rotatable bonds is 5. The number of hydrogen-bond donors (Lipinski definition) is 1. The highest BCUT2D eigenvalue weighted by Gasteiger charge is 2.28. The Morgan fingerprint density at radius 3 is 2.83 bits per heavy atom. The zero-order chi connectivity index (χ0) is 13.2. The highest BCUT2D eigenvalue weighted by atomic mass is 35.5. The Balaban J connectivity index is 2.00. The predicted molar refractivity (Wildman–Crippen MR) is 69.9 cm³/mol. The third kappa shape index (κ3) is 2.87. The van der Waals surface area contributed by atoms with Crippen LogP contribution >= 0.6 is 11.6 Å². The minimum atomic E-state index is -3.46. The van der Waals surface area contributed by atoms with Crippen LogP contribution in [0.4, 0.5) is 0 Å². The summed E-state index contributed by atoms with van der Waals surface area (Å²) in [6.07, 6.45) is 4.76. The lowest BCUT2D eigenvalue weighted by Gasteiger charge is -2.17. The summed E-state index contributed by atoms with van der Waals surface area (Å²) in [5.74, 6) is 1.39. The van der Waals surface area contributed by atoms with E-state index < -0.39 is 10.0 Å². The fourth-order valence-electron chi connectivity index (χ4n) is 2.50. The van der Waals surface area contributed by atoms with Gasteiger partial charge in [-0.25, -0.2) is 13.1 Å². The highest BCUT2D eigenvalue weighted by Crippen LogP contribution is 2.32. The fourth-order valence-corrected chi connectivity index (χ4v) is 4.12. The van der Waals surface area contributed by atoms with Gasteiger partial charge < -0.3 is 0 Å². The first kappa shape index (κ1) is 13.8. The molecule has 0 amide bonds. The molecule has 1 N–H and O–H groups in total. The van der Waals surface area contributed by atoms with Gasteiger partial charge in [0.15, 0.2) is 5.03 Å². The average Bonchev–Trinajstić information content (AvgIpc) is 2.94. The molecule has 0 spiro atoms. The maximum Gasteiger partial charge on any atom is 0.257 e. The molecule has 5 nitrogen and oxygen atoms in total. The zero-order valence-electron chi connectivity index (χ0n) is 10.3. The van der Waals surface area contributed by atoms with E-state index in [0.717, 1.165) is 19.3 Å². The molecule has 18 heavy (non-hydrogen) atoms. The predicted octanol–water partition coefficient (Wildman–Crippen LogP) is 1.35. The second kappa shape index (κ2) is 5.59. The fraction of sp³-hybridized carbons (Fsp3) is 0.727. The largest absolute Gasteiger partial charge is 0.257 e. The van der Waals surface area contributed by atoms with Gasteiger partial charge in [-0.15, -0.1) is 11.6 Å². The minimum absolute atomic E-state index is 0.197. The number of alkyl halides is 1. The van der Waals surface area contributed by atoms with Crippen LogP contribution in [-0.2, 0) is 17.1 Å². The Bertz CT molecular complexity index is 500. The van der Waals surface area contributed by atoms with Crippen molar-refractivity contribution in [2.24, 2.45) is 18.9 Å². The van der Waals surface area contributed by atoms with Gasteiger partial charge in [-0.1, -0.05) is 6.42 Å². The summed E-state index contributed by atoms with van der Waals surface area (Å²) in [5.41, 5.74) is 0. The van der Waals surface area contributed by atoms with Crippen molar-refractivity contribution in [2.45, 2.75) is 24.3 Å². The van der Waals surface area contributed by atoms with Crippen molar-refractivity contribution in [2.75, 3.05) is 12.4 Å². The van der Waals surface area contributed by atoms with Gasteiger partial charge in [0.2, 0.25) is 0 Å². The maximum absolute atomic E-state index is 12.1. The highest BCUT2D eigenvalue weighted by molar-refractivity contribution is 7.89. The van der Waals surface area contributed by atoms with Crippen molar-refractivity contribution >= 4 is 21.6 Å². The molecule has 0 radical (unpaired) electrons. The number of aryl methyl sites for hydroxylation is 1. The second-order valence-corrected chi connectivity index (χ2v) is 6.77. The molecule has 0 saturated heterocycles. The molecule has 1 heterocycles. The number of nitrogens with zero attached hydrogens (tertiary/aromatic N) is 2. The van der Waals surface area contributed by atoms with Gasteiger partial charge in [-0.2, -0.15) is 5.10 Å². The summed E-state index contributed by atoms with van der Waals surface area (Å²) < 4.78 is 28.1. The van der Waals surface area contributed by atoms with Crippen LogP contribution in [0.2, 0.25) is 0 Å². The number of halogens is 1. The third-order valence-corrected chi connectivity index (χ3v) is 5.50. The third-order valence-electron chi connectivity index (χ3n) is 3.60. The van der Waals surface area contributed by atoms with E-state index in [-0.39, 0.29) is 5.03 Å². The smallest absolute Gasteiger partial charge is 0.256 e. The first-order chi connectivity index (χ1) is 8.54. The van der Waals surface area contributed by atoms with Crippen LogP contribution in [0.15, 0.2) is 17.3 Å². The summed E-state index contributed by atoms with van der Waals surface area (Å²) in [6, 6.07) is 1.50. The molecule has 1 fully saturated rings. The molecular formula is C11H18ClN3O2S. The number of nitrogens with one attached hydrogen (secondary N) is 1. The quantitative estimate of drug-likeness (QED) is 0.833. The normalized spacial score (nSPS) is 24.6. The van der Waals surface area contributed by atoms with E-state index in [1.54, 1.807) is 7.05 Å². The van der Waals surface area contributed by atoms with E-state index in [9.17, 15) is 8.42 Å². The number of aromatic nitrogens is 2. The molecule has 1 aromatic heterocycles. The van der Waals surface area contributed by atoms with Crippen LogP contribution in [0, 0.1) is 11.8 Å². The molecular weight excluding hydrogens is 274 g/mol. The molecule has 1 aliphatic carbocycles. The molecule has 2 rings (SSSR count). The lowest BCUT2D eigenvalue weighted by Crippen LogP contribution is -2.32. The van der Waals surface area contributed by atoms with Crippen LogP contribution in [0.5, 0.6) is 0 Å². The van der Waals surface area contributed by atoms with Gasteiger partial charge in [-0.05, 0) is 30.7 Å². The summed E-state index contributed by atoms with van der Waals surface area (Å²) in [4.78, 5) is 0. The summed E-state index contributed by atoms with van der Waals surface area (Å²) >= 11 is 5.89. The number of hydrogen-bond acceptors (Lipinski definition) is 3. The summed E-state index contributed by atoms with van der Waals surface area (Å²) in [6.45, 7) is 0.463. The molecule has 0 aliphatic heterocycles. The van der Waals surface area contributed by atoms with Crippen molar-refractivity contribution < 1.29 is 8.42 Å². The molecule has 7 heteroatoms. The molecule has 0 bridgehead atoms. The molecule has 1 aliphatic rings. The topological polar surface area (TPSA) is 64.0 Å². The second-order valence-electron chi connectivity index (χ2n) is 4.75. The summed E-state index contributed by atoms with van der Waals surface area (Å²) in [7, 11) is -1.84. The first-order valence-electron chi connectivity index (χ1n) is 6.08. The molecule has 2 unspecified atom stereocenters. The van der Waals surface area contributed by atoms with Gasteiger partial charge in [-0.3, -0.25) is 4.68 Å². The van der Waals surface area contributed by atoms with E-state index in [0.29, 0.717) is 24.3 Å². The Kier molecular flexibility index (Phi) is 4.29. The molecule has 0 aromatic carbocycles. The van der Waals surface area contributed by atoms with Gasteiger partial charge in [0.1, 0.15) is 0 Å². The van der Waals surface area contributed by atoms with Crippen LogP contribution in [0.1, 0.15) is 19.3 Å². The van der Waals surface area contributed by atoms with E-state index >= 15 is 0 Å². The van der Waals surface area contributed by atoms with Crippen molar-refractivity contribution in [3.05, 3.63) is 12.3 Å². The lowest BCUT2D eigenvalue weighted by atomic mass is 9.98. The molecule has 2 atom stereocenters. The Morgan fingerprint density at radius 2 is 2.22 bits per heavy atom. The molecule has 1 saturated carbocycles. The van der Waals surface area contributed by atoms with Crippen molar-refractivity contribution in [1.29, 1.82) is 0 Å². The first-order valence-corrected chi connectivity index (χ1v) is 8.10. The SMILES string of the molecule is Cn1nccc1S(=O)(=O)NCC1CCCC1CCl. The van der Waals surface area contributed by atoms with Crippen LogP contribution in [0.25, 0.3) is 0 Å². The van der Waals surface area contributed by atoms with Crippen LogP contribution in [0.3, 0.4) is 0 Å². The van der Waals surface area contributed by atoms with Gasteiger partial charge in [0.25, 0.3) is 10.0 Å². The van der Waals surface area contributed by atoms with Crippen molar-refractivity contribution in [3.63, 3.8) is 0 Å². The minimum Gasteiger partial charge on any atom is -0.256 e. The Hall–Kier alpha value is -0.590. The van der Waals surface area contributed by atoms with Crippen molar-refractivity contribution in [3.8, 4) is 0 Å². The lowest BCUT2D eigenvalue weighted by molar-refractivity contribution is 0.417. The van der Waals surface area contributed by atoms with E-state index in [1.165, 1.54) is 16.9 Å². The summed E-state index contributed by atoms with van der Waals surface area (Å²) in [5, 5.41) is 4.07. The van der Waals surface area contributed by atoms with Crippen LogP contribution in [-0.4, -0.2) is 30.6 Å². The van der Waals surface area contributed by atoms with Gasteiger partial charge in [0, 0.05) is 19.5 Å². The van der Waals surface area contributed by atoms with Gasteiger partial charge >= 0.3 is 0 Å².